The highest BCUT2D eigenvalue weighted by atomic mass is 35.5. The van der Waals surface area contributed by atoms with Crippen molar-refractivity contribution < 1.29 is 4.92 Å². The molecule has 1 aromatic heterocycles. The number of rotatable bonds is 3. The molecule has 1 rings (SSSR count). The first-order valence-electron chi connectivity index (χ1n) is 3.69. The van der Waals surface area contributed by atoms with E-state index in [1.165, 1.54) is 0 Å². The normalized spacial score (nSPS) is 9.79. The Balaban J connectivity index is 3.15. The molecular weight excluding hydrogens is 208 g/mol. The molecule has 0 radical (unpaired) electrons. The van der Waals surface area contributed by atoms with E-state index in [-0.39, 0.29) is 22.8 Å². The highest BCUT2D eigenvalue weighted by Gasteiger charge is 2.07. The fraction of sp³-hybridized carbons (Fsp3) is 0.125. The molecule has 0 aliphatic heterocycles. The molecule has 14 heavy (non-hydrogen) atoms. The summed E-state index contributed by atoms with van der Waals surface area (Å²) < 4.78 is 1.13. The van der Waals surface area contributed by atoms with E-state index in [0.717, 1.165) is 22.9 Å². The fourth-order valence-corrected chi connectivity index (χ4v) is 1.06. The first kappa shape index (κ1) is 10.5. The average molecular weight is 215 g/mol. The van der Waals surface area contributed by atoms with E-state index < -0.39 is 4.92 Å². The van der Waals surface area contributed by atoms with Crippen LogP contribution >= 0.6 is 11.6 Å². The van der Waals surface area contributed by atoms with E-state index in [4.69, 9.17) is 11.6 Å². The van der Waals surface area contributed by atoms with Gasteiger partial charge in [0, 0.05) is 17.2 Å². The summed E-state index contributed by atoms with van der Waals surface area (Å²) in [7, 11) is 0. The Morgan fingerprint density at radius 3 is 2.79 bits per heavy atom. The van der Waals surface area contributed by atoms with Gasteiger partial charge in [-0.25, -0.2) is 0 Å². The number of hydrogen-bond acceptors (Lipinski definition) is 3. The quantitative estimate of drug-likeness (QED) is 0.566. The number of pyridine rings is 1. The van der Waals surface area contributed by atoms with Gasteiger partial charge in [0.15, 0.2) is 0 Å². The Bertz CT molecular complexity index is 438. The molecule has 6 heteroatoms. The maximum absolute atomic E-state index is 11.2. The van der Waals surface area contributed by atoms with Gasteiger partial charge in [-0.05, 0) is 0 Å². The highest BCUT2D eigenvalue weighted by molar-refractivity contribution is 6.29. The first-order chi connectivity index (χ1) is 6.50. The van der Waals surface area contributed by atoms with E-state index in [1.54, 1.807) is 0 Å². The monoisotopic (exact) mass is 214 g/mol. The number of allylic oxidation sites excluding steroid dienone is 1. The topological polar surface area (TPSA) is 65.1 Å². The molecule has 0 atom stereocenters. The summed E-state index contributed by atoms with van der Waals surface area (Å²) in [6.07, 6.45) is 1.13. The zero-order chi connectivity index (χ0) is 10.7. The minimum atomic E-state index is -0.576. The predicted molar refractivity (Wildman–Crippen MR) is 52.3 cm³/mol. The molecule has 1 heterocycles. The zero-order valence-corrected chi connectivity index (χ0v) is 7.90. The molecule has 74 valence electrons. The Kier molecular flexibility index (Phi) is 3.03. The van der Waals surface area contributed by atoms with Crippen LogP contribution in [0.5, 0.6) is 0 Å². The van der Waals surface area contributed by atoms with Crippen molar-refractivity contribution in [2.24, 2.45) is 0 Å². The second-order valence-electron chi connectivity index (χ2n) is 2.63. The van der Waals surface area contributed by atoms with Crippen LogP contribution in [0, 0.1) is 10.1 Å². The first-order valence-corrected chi connectivity index (χ1v) is 4.06. The lowest BCUT2D eigenvalue weighted by molar-refractivity contribution is -0.385. The highest BCUT2D eigenvalue weighted by Crippen LogP contribution is 2.08. The number of nitrogens with zero attached hydrogens (tertiary/aromatic N) is 2. The van der Waals surface area contributed by atoms with Gasteiger partial charge in [0.25, 0.3) is 11.2 Å². The van der Waals surface area contributed by atoms with Crippen LogP contribution in [-0.2, 0) is 6.54 Å². The van der Waals surface area contributed by atoms with Gasteiger partial charge in [0.05, 0.1) is 17.7 Å². The van der Waals surface area contributed by atoms with E-state index in [0.29, 0.717) is 0 Å². The minimum Gasteiger partial charge on any atom is -0.303 e. The number of nitro groups is 1. The molecular formula is C8H7ClN2O3. The largest absolute Gasteiger partial charge is 0.303 e. The van der Waals surface area contributed by atoms with Gasteiger partial charge in [-0.2, -0.15) is 0 Å². The number of aromatic nitrogens is 1. The Labute approximate surface area is 84.4 Å². The Hall–Kier alpha value is -1.62. The minimum absolute atomic E-state index is 0.0715. The van der Waals surface area contributed by atoms with E-state index in [2.05, 4.69) is 6.58 Å². The molecule has 0 aliphatic rings. The van der Waals surface area contributed by atoms with Crippen LogP contribution in [0.2, 0.25) is 0 Å². The second-order valence-corrected chi connectivity index (χ2v) is 3.16. The van der Waals surface area contributed by atoms with Crippen molar-refractivity contribution in [3.05, 3.63) is 50.4 Å². The summed E-state index contributed by atoms with van der Waals surface area (Å²) in [5.41, 5.74) is -0.500. The lowest BCUT2D eigenvalue weighted by Gasteiger charge is -2.02. The standard InChI is InChI=1S/C8H7ClN2O3/c1-6(9)4-10-5-7(11(13)14)2-3-8(10)12/h2-3,5H,1,4H2. The summed E-state index contributed by atoms with van der Waals surface area (Å²) in [5.74, 6) is 0. The third kappa shape index (κ3) is 2.43. The third-order valence-corrected chi connectivity index (χ3v) is 1.64. The molecule has 0 amide bonds. The lowest BCUT2D eigenvalue weighted by atomic mass is 10.4. The van der Waals surface area contributed by atoms with Gasteiger partial charge in [-0.3, -0.25) is 14.9 Å². The average Bonchev–Trinajstić information content (AvgIpc) is 2.07. The van der Waals surface area contributed by atoms with Crippen molar-refractivity contribution >= 4 is 17.3 Å². The molecule has 0 bridgehead atoms. The van der Waals surface area contributed by atoms with Gasteiger partial charge in [0.2, 0.25) is 0 Å². The lowest BCUT2D eigenvalue weighted by Crippen LogP contribution is -2.18. The summed E-state index contributed by atoms with van der Waals surface area (Å²) in [4.78, 5) is 21.0. The molecule has 0 unspecified atom stereocenters. The van der Waals surface area contributed by atoms with Gasteiger partial charge in [-0.1, -0.05) is 18.2 Å². The van der Waals surface area contributed by atoms with Crippen LogP contribution < -0.4 is 5.56 Å². The molecule has 0 saturated carbocycles. The van der Waals surface area contributed by atoms with Crippen LogP contribution in [0.4, 0.5) is 5.69 Å². The summed E-state index contributed by atoms with van der Waals surface area (Å²) >= 11 is 5.49. The maximum Gasteiger partial charge on any atom is 0.285 e. The van der Waals surface area contributed by atoms with Crippen LogP contribution in [-0.4, -0.2) is 9.49 Å². The summed E-state index contributed by atoms with van der Waals surface area (Å²) in [6.45, 7) is 3.47. The molecule has 0 spiro atoms. The van der Waals surface area contributed by atoms with E-state index in [9.17, 15) is 14.9 Å². The van der Waals surface area contributed by atoms with E-state index >= 15 is 0 Å². The molecule has 0 aromatic carbocycles. The van der Waals surface area contributed by atoms with Crippen LogP contribution in [0.15, 0.2) is 34.7 Å². The van der Waals surface area contributed by atoms with Gasteiger partial charge in [-0.15, -0.1) is 0 Å². The van der Waals surface area contributed by atoms with Gasteiger partial charge in [0.1, 0.15) is 0 Å². The molecule has 0 fully saturated rings. The van der Waals surface area contributed by atoms with Gasteiger partial charge >= 0.3 is 0 Å². The van der Waals surface area contributed by atoms with Gasteiger partial charge < -0.3 is 4.57 Å². The van der Waals surface area contributed by atoms with Crippen molar-refractivity contribution in [3.63, 3.8) is 0 Å². The molecule has 1 aromatic rings. The maximum atomic E-state index is 11.2. The predicted octanol–water partition coefficient (Wildman–Crippen LogP) is 1.51. The Morgan fingerprint density at radius 1 is 1.64 bits per heavy atom. The smallest absolute Gasteiger partial charge is 0.285 e. The van der Waals surface area contributed by atoms with Crippen molar-refractivity contribution in [3.8, 4) is 0 Å². The molecule has 0 aliphatic carbocycles. The van der Waals surface area contributed by atoms with Crippen LogP contribution in [0.3, 0.4) is 0 Å². The fourth-order valence-electron chi connectivity index (χ4n) is 0.935. The van der Waals surface area contributed by atoms with Crippen molar-refractivity contribution in [2.75, 3.05) is 0 Å². The van der Waals surface area contributed by atoms with Crippen molar-refractivity contribution in [2.45, 2.75) is 6.54 Å². The van der Waals surface area contributed by atoms with Crippen LogP contribution in [0.1, 0.15) is 0 Å². The molecule has 5 nitrogen and oxygen atoms in total. The summed E-state index contributed by atoms with van der Waals surface area (Å²) in [5, 5.41) is 10.6. The second kappa shape index (κ2) is 4.06. The van der Waals surface area contributed by atoms with E-state index in [1.807, 2.05) is 0 Å². The summed E-state index contributed by atoms with van der Waals surface area (Å²) in [6, 6.07) is 2.27. The van der Waals surface area contributed by atoms with Crippen LogP contribution in [0.25, 0.3) is 0 Å². The zero-order valence-electron chi connectivity index (χ0n) is 7.14. The third-order valence-electron chi connectivity index (χ3n) is 1.52. The van der Waals surface area contributed by atoms with Crippen molar-refractivity contribution in [1.82, 2.24) is 4.57 Å². The Morgan fingerprint density at radius 2 is 2.29 bits per heavy atom. The molecule has 0 N–H and O–H groups in total. The number of hydrogen-bond donors (Lipinski definition) is 0. The van der Waals surface area contributed by atoms with Crippen molar-refractivity contribution in [1.29, 1.82) is 0 Å². The number of halogens is 1. The molecule has 0 saturated heterocycles. The SMILES string of the molecule is C=C(Cl)Cn1cc([N+](=O)[O-])ccc1=O.